The molecule has 1 amide bonds. The maximum atomic E-state index is 13.3. The molecule has 100 valence electrons. The Morgan fingerprint density at radius 3 is 2.68 bits per heavy atom. The van der Waals surface area contributed by atoms with Crippen LogP contribution >= 0.6 is 0 Å². The van der Waals surface area contributed by atoms with Gasteiger partial charge in [-0.3, -0.25) is 4.79 Å². The summed E-state index contributed by atoms with van der Waals surface area (Å²) >= 11 is 0. The van der Waals surface area contributed by atoms with Gasteiger partial charge >= 0.3 is 5.97 Å². The summed E-state index contributed by atoms with van der Waals surface area (Å²) in [4.78, 5) is 22.5. The number of hydrogen-bond donors (Lipinski definition) is 2. The quantitative estimate of drug-likeness (QED) is 0.845. The maximum absolute atomic E-state index is 13.3. The van der Waals surface area contributed by atoms with Crippen molar-refractivity contribution in [2.75, 3.05) is 0 Å². The highest BCUT2D eigenvalue weighted by molar-refractivity contribution is 5.96. The topological polar surface area (TPSA) is 90.2 Å². The molecular weight excluding hydrogens is 258 g/mol. The van der Waals surface area contributed by atoms with E-state index in [1.54, 1.807) is 6.07 Å². The van der Waals surface area contributed by atoms with Gasteiger partial charge in [0.05, 0.1) is 11.6 Å². The molecule has 0 aliphatic carbocycles. The number of nitrogens with one attached hydrogen (secondary N) is 1. The number of amides is 1. The van der Waals surface area contributed by atoms with Crippen molar-refractivity contribution in [3.63, 3.8) is 0 Å². The molecule has 0 aliphatic rings. The predicted molar refractivity (Wildman–Crippen MR) is 60.1 cm³/mol. The Bertz CT molecular complexity index is 540. The van der Waals surface area contributed by atoms with Crippen molar-refractivity contribution < 1.29 is 23.5 Å². The van der Waals surface area contributed by atoms with Crippen LogP contribution in [0.3, 0.4) is 0 Å². The lowest BCUT2D eigenvalue weighted by atomic mass is 10.1. The van der Waals surface area contributed by atoms with Crippen molar-refractivity contribution in [1.82, 2.24) is 5.32 Å². The SMILES string of the molecule is N#CCC[C@H](NC(=O)c1cccc(F)c1F)C(=O)O. The van der Waals surface area contributed by atoms with E-state index >= 15 is 0 Å². The Labute approximate surface area is 107 Å². The predicted octanol–water partition coefficient (Wildman–Crippen LogP) is 1.45. The fraction of sp³-hybridized carbons (Fsp3) is 0.250. The van der Waals surface area contributed by atoms with Gasteiger partial charge in [-0.25, -0.2) is 13.6 Å². The molecule has 1 aromatic carbocycles. The van der Waals surface area contributed by atoms with Gasteiger partial charge in [-0.05, 0) is 18.6 Å². The number of carbonyl (C=O) groups excluding carboxylic acids is 1. The van der Waals surface area contributed by atoms with Gasteiger partial charge in [-0.15, -0.1) is 0 Å². The average molecular weight is 268 g/mol. The number of nitrogens with zero attached hydrogens (tertiary/aromatic N) is 1. The van der Waals surface area contributed by atoms with E-state index in [-0.39, 0.29) is 12.8 Å². The van der Waals surface area contributed by atoms with Crippen LogP contribution in [0.15, 0.2) is 18.2 Å². The summed E-state index contributed by atoms with van der Waals surface area (Å²) in [6, 6.07) is 3.43. The minimum Gasteiger partial charge on any atom is -0.480 e. The van der Waals surface area contributed by atoms with Crippen molar-refractivity contribution >= 4 is 11.9 Å². The maximum Gasteiger partial charge on any atom is 0.326 e. The van der Waals surface area contributed by atoms with Crippen LogP contribution in [0.2, 0.25) is 0 Å². The third-order valence-corrected chi connectivity index (χ3v) is 2.34. The zero-order chi connectivity index (χ0) is 14.4. The molecule has 1 aromatic rings. The molecule has 0 saturated heterocycles. The Hall–Kier alpha value is -2.49. The average Bonchev–Trinajstić information content (AvgIpc) is 2.37. The number of carboxylic acid groups (broad SMARTS) is 1. The van der Waals surface area contributed by atoms with E-state index in [9.17, 15) is 18.4 Å². The standard InChI is InChI=1S/C12H10F2N2O3/c13-8-4-1-3-7(10(8)14)11(17)16-9(12(18)19)5-2-6-15/h1,3-4,9H,2,5H2,(H,16,17)(H,18,19)/t9-/m0/s1. The fourth-order valence-corrected chi connectivity index (χ4v) is 1.38. The van der Waals surface area contributed by atoms with E-state index in [0.29, 0.717) is 0 Å². The van der Waals surface area contributed by atoms with Crippen LogP contribution in [0.1, 0.15) is 23.2 Å². The number of rotatable bonds is 5. The van der Waals surface area contributed by atoms with Crippen LogP contribution in [0.5, 0.6) is 0 Å². The molecule has 5 nitrogen and oxygen atoms in total. The lowest BCUT2D eigenvalue weighted by Gasteiger charge is -2.13. The van der Waals surface area contributed by atoms with Crippen LogP contribution < -0.4 is 5.32 Å². The molecule has 0 spiro atoms. The zero-order valence-corrected chi connectivity index (χ0v) is 9.69. The highest BCUT2D eigenvalue weighted by Gasteiger charge is 2.22. The third-order valence-electron chi connectivity index (χ3n) is 2.34. The van der Waals surface area contributed by atoms with E-state index < -0.39 is 35.1 Å². The molecule has 0 radical (unpaired) electrons. The van der Waals surface area contributed by atoms with Crippen molar-refractivity contribution in [2.24, 2.45) is 0 Å². The summed E-state index contributed by atoms with van der Waals surface area (Å²) in [5.74, 6) is -4.93. The molecule has 2 N–H and O–H groups in total. The summed E-state index contributed by atoms with van der Waals surface area (Å²) in [6.45, 7) is 0. The monoisotopic (exact) mass is 268 g/mol. The number of halogens is 2. The van der Waals surface area contributed by atoms with Crippen LogP contribution in [0.25, 0.3) is 0 Å². The van der Waals surface area contributed by atoms with Crippen LogP contribution in [-0.2, 0) is 4.79 Å². The summed E-state index contributed by atoms with van der Waals surface area (Å²) in [7, 11) is 0. The van der Waals surface area contributed by atoms with Gasteiger partial charge in [0, 0.05) is 6.42 Å². The minimum absolute atomic E-state index is 0.0805. The van der Waals surface area contributed by atoms with Crippen molar-refractivity contribution in [3.8, 4) is 6.07 Å². The number of nitriles is 1. The molecule has 1 rings (SSSR count). The van der Waals surface area contributed by atoms with E-state index in [1.165, 1.54) is 0 Å². The van der Waals surface area contributed by atoms with E-state index in [0.717, 1.165) is 18.2 Å². The third kappa shape index (κ3) is 3.74. The molecule has 0 fully saturated rings. The van der Waals surface area contributed by atoms with Crippen LogP contribution in [0.4, 0.5) is 8.78 Å². The molecule has 0 aromatic heterocycles. The lowest BCUT2D eigenvalue weighted by Crippen LogP contribution is -2.41. The van der Waals surface area contributed by atoms with Crippen molar-refractivity contribution in [2.45, 2.75) is 18.9 Å². The summed E-state index contributed by atoms with van der Waals surface area (Å²) < 4.78 is 26.2. The largest absolute Gasteiger partial charge is 0.480 e. The van der Waals surface area contributed by atoms with E-state index in [1.807, 2.05) is 5.32 Å². The smallest absolute Gasteiger partial charge is 0.326 e. The second kappa shape index (κ2) is 6.44. The summed E-state index contributed by atoms with van der Waals surface area (Å²) in [5.41, 5.74) is -0.580. The second-order valence-electron chi connectivity index (χ2n) is 3.66. The van der Waals surface area contributed by atoms with Gasteiger partial charge in [0.25, 0.3) is 5.91 Å². The van der Waals surface area contributed by atoms with Crippen LogP contribution in [0, 0.1) is 23.0 Å². The molecule has 0 saturated carbocycles. The molecular formula is C12H10F2N2O3. The molecule has 0 bridgehead atoms. The highest BCUT2D eigenvalue weighted by Crippen LogP contribution is 2.11. The Kier molecular flexibility index (Phi) is 4.94. The first kappa shape index (κ1) is 14.6. The van der Waals surface area contributed by atoms with Gasteiger partial charge in [0.1, 0.15) is 6.04 Å². The number of aliphatic carboxylic acids is 1. The Morgan fingerprint density at radius 1 is 1.42 bits per heavy atom. The molecule has 0 unspecified atom stereocenters. The molecule has 19 heavy (non-hydrogen) atoms. The summed E-state index contributed by atoms with van der Waals surface area (Å²) in [6.07, 6.45) is -0.197. The van der Waals surface area contributed by atoms with Gasteiger partial charge in [-0.1, -0.05) is 6.07 Å². The van der Waals surface area contributed by atoms with Gasteiger partial charge < -0.3 is 10.4 Å². The molecule has 7 heteroatoms. The van der Waals surface area contributed by atoms with Gasteiger partial charge in [0.2, 0.25) is 0 Å². The van der Waals surface area contributed by atoms with Crippen molar-refractivity contribution in [1.29, 1.82) is 5.26 Å². The zero-order valence-electron chi connectivity index (χ0n) is 9.69. The normalized spacial score (nSPS) is 11.4. The molecule has 0 heterocycles. The first-order valence-electron chi connectivity index (χ1n) is 5.32. The van der Waals surface area contributed by atoms with E-state index in [4.69, 9.17) is 10.4 Å². The number of carbonyl (C=O) groups is 2. The van der Waals surface area contributed by atoms with E-state index in [2.05, 4.69) is 0 Å². The molecule has 1 atom stereocenters. The Balaban J connectivity index is 2.85. The Morgan fingerprint density at radius 2 is 2.11 bits per heavy atom. The summed E-state index contributed by atoms with van der Waals surface area (Å²) in [5, 5.41) is 19.2. The minimum atomic E-state index is -1.35. The van der Waals surface area contributed by atoms with Gasteiger partial charge in [0.15, 0.2) is 11.6 Å². The first-order chi connectivity index (χ1) is 8.97. The van der Waals surface area contributed by atoms with Gasteiger partial charge in [-0.2, -0.15) is 5.26 Å². The number of benzene rings is 1. The lowest BCUT2D eigenvalue weighted by molar-refractivity contribution is -0.139. The highest BCUT2D eigenvalue weighted by atomic mass is 19.2. The second-order valence-corrected chi connectivity index (χ2v) is 3.66. The van der Waals surface area contributed by atoms with Crippen LogP contribution in [-0.4, -0.2) is 23.0 Å². The number of carboxylic acids is 1. The first-order valence-corrected chi connectivity index (χ1v) is 5.32. The molecule has 0 aliphatic heterocycles. The van der Waals surface area contributed by atoms with Crippen molar-refractivity contribution in [3.05, 3.63) is 35.4 Å². The fourth-order valence-electron chi connectivity index (χ4n) is 1.38. The number of hydrogen-bond acceptors (Lipinski definition) is 3.